The highest BCUT2D eigenvalue weighted by Gasteiger charge is 2.17. The van der Waals surface area contributed by atoms with Gasteiger partial charge < -0.3 is 0 Å². The van der Waals surface area contributed by atoms with Gasteiger partial charge in [0.1, 0.15) is 5.82 Å². The summed E-state index contributed by atoms with van der Waals surface area (Å²) < 4.78 is 13.3. The number of amidine groups is 1. The van der Waals surface area contributed by atoms with Crippen molar-refractivity contribution in [3.8, 4) is 0 Å². The molecule has 128 valence electrons. The summed E-state index contributed by atoms with van der Waals surface area (Å²) >= 11 is 0. The van der Waals surface area contributed by atoms with Crippen LogP contribution in [-0.2, 0) is 6.42 Å². The first kappa shape index (κ1) is 16.2. The van der Waals surface area contributed by atoms with Crippen LogP contribution in [0.5, 0.6) is 0 Å². The lowest BCUT2D eigenvalue weighted by atomic mass is 9.98. The molecule has 0 saturated heterocycles. The molecular weight excluding hydrogens is 325 g/mol. The van der Waals surface area contributed by atoms with Crippen molar-refractivity contribution in [3.05, 3.63) is 101 Å². The second kappa shape index (κ2) is 6.92. The fraction of sp³-hybridized carbons (Fsp3) is 0.0909. The third-order valence-corrected chi connectivity index (χ3v) is 4.40. The van der Waals surface area contributed by atoms with Gasteiger partial charge in [-0.15, -0.1) is 0 Å². The number of hydrazone groups is 1. The molecule has 3 aromatic rings. The second-order valence-electron chi connectivity index (χ2n) is 6.11. The minimum atomic E-state index is -0.274. The molecule has 4 rings (SSSR count). The van der Waals surface area contributed by atoms with E-state index in [1.165, 1.54) is 17.7 Å². The largest absolute Gasteiger partial charge is 0.260 e. The third-order valence-electron chi connectivity index (χ3n) is 4.40. The molecule has 0 bridgehead atoms. The number of aryl methyl sites for hydroxylation is 1. The first-order valence-electron chi connectivity index (χ1n) is 8.61. The van der Waals surface area contributed by atoms with Gasteiger partial charge in [-0.25, -0.2) is 9.38 Å². The highest BCUT2D eigenvalue weighted by molar-refractivity contribution is 6.18. The summed E-state index contributed by atoms with van der Waals surface area (Å²) in [5, 5.41) is 4.63. The smallest absolute Gasteiger partial charge is 0.154 e. The molecule has 3 aromatic carbocycles. The molecule has 0 saturated carbocycles. The number of hydrogen-bond acceptors (Lipinski definition) is 3. The Balaban J connectivity index is 1.87. The highest BCUT2D eigenvalue weighted by Crippen LogP contribution is 2.27. The van der Waals surface area contributed by atoms with E-state index in [0.29, 0.717) is 5.84 Å². The average molecular weight is 343 g/mol. The summed E-state index contributed by atoms with van der Waals surface area (Å²) in [5.41, 5.74) is 8.77. The average Bonchev–Trinajstić information content (AvgIpc) is 2.88. The number of benzene rings is 3. The van der Waals surface area contributed by atoms with Gasteiger partial charge in [-0.1, -0.05) is 43.3 Å². The number of fused-ring (bicyclic) bond motifs is 1. The highest BCUT2D eigenvalue weighted by atomic mass is 19.1. The lowest BCUT2D eigenvalue weighted by Crippen LogP contribution is -2.19. The SMILES string of the molecule is CCc1ccc2c(c1)C(c1ccccc1)=NNC(c1ccc(F)cc1)=N2. The Kier molecular flexibility index (Phi) is 4.32. The van der Waals surface area contributed by atoms with Crippen molar-refractivity contribution in [3.63, 3.8) is 0 Å². The molecule has 0 aromatic heterocycles. The summed E-state index contributed by atoms with van der Waals surface area (Å²) in [7, 11) is 0. The zero-order valence-electron chi connectivity index (χ0n) is 14.4. The van der Waals surface area contributed by atoms with E-state index in [1.807, 2.05) is 36.4 Å². The van der Waals surface area contributed by atoms with Gasteiger partial charge in [0.15, 0.2) is 5.84 Å². The van der Waals surface area contributed by atoms with Gasteiger partial charge in [0.05, 0.1) is 11.4 Å². The van der Waals surface area contributed by atoms with Crippen LogP contribution in [0.1, 0.15) is 29.2 Å². The molecule has 4 heteroatoms. The van der Waals surface area contributed by atoms with Crippen molar-refractivity contribution in [1.82, 2.24) is 5.43 Å². The molecule has 0 unspecified atom stereocenters. The number of rotatable bonds is 3. The van der Waals surface area contributed by atoms with Gasteiger partial charge in [-0.05, 0) is 48.4 Å². The molecule has 1 N–H and O–H groups in total. The Morgan fingerprint density at radius 3 is 2.38 bits per heavy atom. The van der Waals surface area contributed by atoms with E-state index in [9.17, 15) is 4.39 Å². The first-order valence-corrected chi connectivity index (χ1v) is 8.61. The Morgan fingerprint density at radius 1 is 0.885 bits per heavy atom. The second-order valence-corrected chi connectivity index (χ2v) is 6.11. The summed E-state index contributed by atoms with van der Waals surface area (Å²) in [6.45, 7) is 2.13. The number of hydrogen-bond donors (Lipinski definition) is 1. The van der Waals surface area contributed by atoms with Crippen LogP contribution < -0.4 is 5.43 Å². The number of nitrogens with one attached hydrogen (secondary N) is 1. The van der Waals surface area contributed by atoms with Crippen LogP contribution in [0.2, 0.25) is 0 Å². The van der Waals surface area contributed by atoms with Gasteiger partial charge in [0.25, 0.3) is 0 Å². The summed E-state index contributed by atoms with van der Waals surface area (Å²) in [4.78, 5) is 4.76. The molecule has 1 aliphatic rings. The Bertz CT molecular complexity index is 990. The van der Waals surface area contributed by atoms with Gasteiger partial charge in [-0.3, -0.25) is 5.43 Å². The van der Waals surface area contributed by atoms with E-state index < -0.39 is 0 Å². The quantitative estimate of drug-likeness (QED) is 0.727. The van der Waals surface area contributed by atoms with Crippen molar-refractivity contribution in [2.45, 2.75) is 13.3 Å². The standard InChI is InChI=1S/C22H18FN3/c1-2-15-8-13-20-19(14-15)21(16-6-4-3-5-7-16)25-26-22(24-20)17-9-11-18(23)12-10-17/h3-14H,2H2,1H3,(H,24,26). The Labute approximate surface area is 151 Å². The van der Waals surface area contributed by atoms with Crippen LogP contribution in [0.15, 0.2) is 82.9 Å². The number of halogens is 1. The maximum absolute atomic E-state index is 13.3. The van der Waals surface area contributed by atoms with E-state index in [4.69, 9.17) is 4.99 Å². The first-order chi connectivity index (χ1) is 12.7. The van der Waals surface area contributed by atoms with Crippen LogP contribution in [0.4, 0.5) is 10.1 Å². The monoisotopic (exact) mass is 343 g/mol. The molecule has 0 amide bonds. The number of aliphatic imine (C=N–C) groups is 1. The Hall–Kier alpha value is -3.27. The van der Waals surface area contributed by atoms with E-state index >= 15 is 0 Å². The van der Waals surface area contributed by atoms with Crippen LogP contribution in [0.3, 0.4) is 0 Å². The Morgan fingerprint density at radius 2 is 1.65 bits per heavy atom. The van der Waals surface area contributed by atoms with Gasteiger partial charge >= 0.3 is 0 Å². The lowest BCUT2D eigenvalue weighted by Gasteiger charge is -2.09. The molecule has 0 spiro atoms. The van der Waals surface area contributed by atoms with Crippen molar-refractivity contribution < 1.29 is 4.39 Å². The minimum absolute atomic E-state index is 0.274. The van der Waals surface area contributed by atoms with Crippen molar-refractivity contribution in [2.75, 3.05) is 0 Å². The summed E-state index contributed by atoms with van der Waals surface area (Å²) in [6.07, 6.45) is 0.942. The third kappa shape index (κ3) is 3.14. The predicted molar refractivity (Wildman–Crippen MR) is 104 cm³/mol. The van der Waals surface area contributed by atoms with Gasteiger partial charge in [0, 0.05) is 16.7 Å². The summed E-state index contributed by atoms with van der Waals surface area (Å²) in [5.74, 6) is 0.325. The molecule has 3 nitrogen and oxygen atoms in total. The van der Waals surface area contributed by atoms with Crippen molar-refractivity contribution >= 4 is 17.2 Å². The zero-order valence-corrected chi connectivity index (χ0v) is 14.4. The molecule has 26 heavy (non-hydrogen) atoms. The van der Waals surface area contributed by atoms with Crippen LogP contribution in [0.25, 0.3) is 0 Å². The molecule has 0 radical (unpaired) electrons. The van der Waals surface area contributed by atoms with Crippen LogP contribution >= 0.6 is 0 Å². The molecule has 0 aliphatic carbocycles. The normalized spacial score (nSPS) is 13.2. The maximum atomic E-state index is 13.3. The van der Waals surface area contributed by atoms with E-state index in [-0.39, 0.29) is 5.82 Å². The molecule has 0 fully saturated rings. The van der Waals surface area contributed by atoms with Gasteiger partial charge in [0.2, 0.25) is 0 Å². The lowest BCUT2D eigenvalue weighted by molar-refractivity contribution is 0.627. The van der Waals surface area contributed by atoms with E-state index in [1.54, 1.807) is 12.1 Å². The number of nitrogens with zero attached hydrogens (tertiary/aromatic N) is 2. The van der Waals surface area contributed by atoms with Gasteiger partial charge in [-0.2, -0.15) is 5.10 Å². The molecule has 0 atom stereocenters. The fourth-order valence-corrected chi connectivity index (χ4v) is 2.96. The molecule has 1 aliphatic heterocycles. The van der Waals surface area contributed by atoms with E-state index in [2.05, 4.69) is 29.6 Å². The maximum Gasteiger partial charge on any atom is 0.154 e. The fourth-order valence-electron chi connectivity index (χ4n) is 2.96. The minimum Gasteiger partial charge on any atom is -0.260 e. The molecular formula is C22H18FN3. The van der Waals surface area contributed by atoms with Crippen LogP contribution in [0, 0.1) is 5.82 Å². The predicted octanol–water partition coefficient (Wildman–Crippen LogP) is 4.82. The van der Waals surface area contributed by atoms with Crippen molar-refractivity contribution in [1.29, 1.82) is 0 Å². The summed E-state index contributed by atoms with van der Waals surface area (Å²) in [6, 6.07) is 22.5. The zero-order chi connectivity index (χ0) is 17.9. The van der Waals surface area contributed by atoms with Crippen LogP contribution in [-0.4, -0.2) is 11.5 Å². The topological polar surface area (TPSA) is 36.8 Å². The van der Waals surface area contributed by atoms with Crippen molar-refractivity contribution in [2.24, 2.45) is 10.1 Å². The molecule has 1 heterocycles. The van der Waals surface area contributed by atoms with E-state index in [0.717, 1.165) is 34.5 Å².